The standard InChI is InChI=1S/C22H22ClN5O/c1-15-4-2-6-20(24-15)25-22(29)17-5-3-13-28(14-17)21-12-11-19(26-27-21)16-7-9-18(23)10-8-16/h2,4,6-12,17H,3,5,13-14H2,1H3,(H,24,25,29). The molecule has 1 unspecified atom stereocenters. The molecule has 3 aromatic rings. The largest absolute Gasteiger partial charge is 0.354 e. The van der Waals surface area contributed by atoms with E-state index in [1.54, 1.807) is 0 Å². The van der Waals surface area contributed by atoms with Gasteiger partial charge >= 0.3 is 0 Å². The summed E-state index contributed by atoms with van der Waals surface area (Å²) in [6.07, 6.45) is 1.78. The number of benzene rings is 1. The number of aromatic nitrogens is 3. The van der Waals surface area contributed by atoms with Gasteiger partial charge in [-0.3, -0.25) is 4.79 Å². The number of halogens is 1. The van der Waals surface area contributed by atoms with Gasteiger partial charge in [0, 0.05) is 29.4 Å². The smallest absolute Gasteiger partial charge is 0.230 e. The first-order valence-corrected chi connectivity index (χ1v) is 10.1. The summed E-state index contributed by atoms with van der Waals surface area (Å²) in [5.41, 5.74) is 2.64. The van der Waals surface area contributed by atoms with E-state index in [1.165, 1.54) is 0 Å². The van der Waals surface area contributed by atoms with Crippen LogP contribution in [0, 0.1) is 12.8 Å². The number of pyridine rings is 1. The van der Waals surface area contributed by atoms with Crippen LogP contribution in [0.1, 0.15) is 18.5 Å². The van der Waals surface area contributed by atoms with Gasteiger partial charge in [0.1, 0.15) is 5.82 Å². The van der Waals surface area contributed by atoms with Crippen LogP contribution in [0.3, 0.4) is 0 Å². The van der Waals surface area contributed by atoms with E-state index in [2.05, 4.69) is 25.4 Å². The second-order valence-corrected chi connectivity index (χ2v) is 7.66. The minimum absolute atomic E-state index is 0.00135. The van der Waals surface area contributed by atoms with E-state index in [0.717, 1.165) is 42.2 Å². The van der Waals surface area contributed by atoms with Crippen LogP contribution in [0.15, 0.2) is 54.6 Å². The van der Waals surface area contributed by atoms with Gasteiger partial charge in [0.15, 0.2) is 5.82 Å². The first-order chi connectivity index (χ1) is 14.1. The number of aryl methyl sites for hydroxylation is 1. The van der Waals surface area contributed by atoms with E-state index in [0.29, 0.717) is 17.4 Å². The van der Waals surface area contributed by atoms with E-state index in [4.69, 9.17) is 11.6 Å². The molecule has 6 nitrogen and oxygen atoms in total. The van der Waals surface area contributed by atoms with Gasteiger partial charge < -0.3 is 10.2 Å². The minimum Gasteiger partial charge on any atom is -0.354 e. The third-order valence-corrected chi connectivity index (χ3v) is 5.30. The number of hydrogen-bond acceptors (Lipinski definition) is 5. The summed E-state index contributed by atoms with van der Waals surface area (Å²) in [4.78, 5) is 19.2. The van der Waals surface area contributed by atoms with Crippen LogP contribution in [0.5, 0.6) is 0 Å². The minimum atomic E-state index is -0.108. The Morgan fingerprint density at radius 2 is 1.93 bits per heavy atom. The number of rotatable bonds is 4. The van der Waals surface area contributed by atoms with Gasteiger partial charge in [-0.15, -0.1) is 10.2 Å². The molecule has 0 spiro atoms. The van der Waals surface area contributed by atoms with Crippen LogP contribution in [0.4, 0.5) is 11.6 Å². The molecular weight excluding hydrogens is 386 g/mol. The van der Waals surface area contributed by atoms with Crippen molar-refractivity contribution in [3.63, 3.8) is 0 Å². The highest BCUT2D eigenvalue weighted by Crippen LogP contribution is 2.24. The number of carbonyl (C=O) groups is 1. The topological polar surface area (TPSA) is 71.0 Å². The van der Waals surface area contributed by atoms with Gasteiger partial charge in [0.25, 0.3) is 0 Å². The van der Waals surface area contributed by atoms with E-state index in [-0.39, 0.29) is 11.8 Å². The molecule has 1 saturated heterocycles. The summed E-state index contributed by atoms with van der Waals surface area (Å²) in [6.45, 7) is 3.39. The molecule has 148 valence electrons. The molecular formula is C22H22ClN5O. The average Bonchev–Trinajstić information content (AvgIpc) is 2.74. The summed E-state index contributed by atoms with van der Waals surface area (Å²) in [5, 5.41) is 12.4. The zero-order valence-corrected chi connectivity index (χ0v) is 16.9. The quantitative estimate of drug-likeness (QED) is 0.695. The zero-order chi connectivity index (χ0) is 20.2. The van der Waals surface area contributed by atoms with Crippen molar-refractivity contribution in [3.05, 3.63) is 65.3 Å². The molecule has 1 fully saturated rings. The van der Waals surface area contributed by atoms with Crippen LogP contribution < -0.4 is 10.2 Å². The van der Waals surface area contributed by atoms with E-state index in [9.17, 15) is 4.79 Å². The molecule has 3 heterocycles. The molecule has 1 atom stereocenters. The number of nitrogens with zero attached hydrogens (tertiary/aromatic N) is 4. The summed E-state index contributed by atoms with van der Waals surface area (Å²) in [6, 6.07) is 17.0. The molecule has 1 aliphatic rings. The second kappa shape index (κ2) is 8.57. The van der Waals surface area contributed by atoms with Crippen molar-refractivity contribution >= 4 is 29.1 Å². The molecule has 0 bridgehead atoms. The van der Waals surface area contributed by atoms with Crippen LogP contribution in [0.2, 0.25) is 5.02 Å². The number of amides is 1. The number of nitrogens with one attached hydrogen (secondary N) is 1. The van der Waals surface area contributed by atoms with Gasteiger partial charge in [-0.05, 0) is 56.2 Å². The lowest BCUT2D eigenvalue weighted by molar-refractivity contribution is -0.120. The Labute approximate surface area is 174 Å². The lowest BCUT2D eigenvalue weighted by atomic mass is 9.97. The Morgan fingerprint density at radius 3 is 2.66 bits per heavy atom. The van der Waals surface area contributed by atoms with Crippen molar-refractivity contribution in [2.75, 3.05) is 23.3 Å². The van der Waals surface area contributed by atoms with Crippen molar-refractivity contribution in [1.29, 1.82) is 0 Å². The summed E-state index contributed by atoms with van der Waals surface area (Å²) < 4.78 is 0. The van der Waals surface area contributed by atoms with Crippen molar-refractivity contribution in [2.24, 2.45) is 5.92 Å². The molecule has 7 heteroatoms. The van der Waals surface area contributed by atoms with Gasteiger partial charge in [0.05, 0.1) is 11.6 Å². The fraction of sp³-hybridized carbons (Fsp3) is 0.273. The Bertz CT molecular complexity index is 991. The van der Waals surface area contributed by atoms with Crippen molar-refractivity contribution in [2.45, 2.75) is 19.8 Å². The molecule has 29 heavy (non-hydrogen) atoms. The summed E-state index contributed by atoms with van der Waals surface area (Å²) in [5.74, 6) is 1.27. The van der Waals surface area contributed by atoms with Crippen molar-refractivity contribution in [1.82, 2.24) is 15.2 Å². The first kappa shape index (κ1) is 19.3. The normalized spacial score (nSPS) is 16.5. The third kappa shape index (κ3) is 4.71. The molecule has 4 rings (SSSR count). The number of carbonyl (C=O) groups excluding carboxylic acids is 1. The lowest BCUT2D eigenvalue weighted by Gasteiger charge is -2.32. The fourth-order valence-electron chi connectivity index (χ4n) is 3.51. The average molecular weight is 408 g/mol. The Morgan fingerprint density at radius 1 is 1.10 bits per heavy atom. The highest BCUT2D eigenvalue weighted by molar-refractivity contribution is 6.30. The zero-order valence-electron chi connectivity index (χ0n) is 16.2. The highest BCUT2D eigenvalue weighted by atomic mass is 35.5. The van der Waals surface area contributed by atoms with Gasteiger partial charge in [-0.1, -0.05) is 29.8 Å². The molecule has 1 N–H and O–H groups in total. The molecule has 1 aromatic carbocycles. The molecule has 1 amide bonds. The van der Waals surface area contributed by atoms with Gasteiger partial charge in [-0.2, -0.15) is 0 Å². The number of piperidine rings is 1. The maximum atomic E-state index is 12.7. The Hall–Kier alpha value is -2.99. The highest BCUT2D eigenvalue weighted by Gasteiger charge is 2.27. The SMILES string of the molecule is Cc1cccc(NC(=O)C2CCCN(c3ccc(-c4ccc(Cl)cc4)nn3)C2)n1. The monoisotopic (exact) mass is 407 g/mol. The van der Waals surface area contributed by atoms with Gasteiger partial charge in [0.2, 0.25) is 5.91 Å². The lowest BCUT2D eigenvalue weighted by Crippen LogP contribution is -2.41. The van der Waals surface area contributed by atoms with E-state index >= 15 is 0 Å². The van der Waals surface area contributed by atoms with Crippen LogP contribution in [-0.2, 0) is 4.79 Å². The van der Waals surface area contributed by atoms with Crippen LogP contribution >= 0.6 is 11.6 Å². The molecule has 2 aromatic heterocycles. The fourth-order valence-corrected chi connectivity index (χ4v) is 3.63. The third-order valence-electron chi connectivity index (χ3n) is 5.05. The molecule has 0 aliphatic carbocycles. The maximum Gasteiger partial charge on any atom is 0.230 e. The van der Waals surface area contributed by atoms with Crippen molar-refractivity contribution in [3.8, 4) is 11.3 Å². The van der Waals surface area contributed by atoms with Crippen LogP contribution in [0.25, 0.3) is 11.3 Å². The van der Waals surface area contributed by atoms with E-state index in [1.807, 2.05) is 61.5 Å². The molecule has 0 saturated carbocycles. The summed E-state index contributed by atoms with van der Waals surface area (Å²) in [7, 11) is 0. The van der Waals surface area contributed by atoms with Crippen molar-refractivity contribution < 1.29 is 4.79 Å². The number of anilines is 2. The van der Waals surface area contributed by atoms with E-state index < -0.39 is 0 Å². The van der Waals surface area contributed by atoms with Crippen LogP contribution in [-0.4, -0.2) is 34.2 Å². The predicted molar refractivity (Wildman–Crippen MR) is 115 cm³/mol. The maximum absolute atomic E-state index is 12.7. The first-order valence-electron chi connectivity index (χ1n) is 9.67. The Kier molecular flexibility index (Phi) is 5.71. The predicted octanol–water partition coefficient (Wildman–Crippen LogP) is 4.36. The molecule has 1 aliphatic heterocycles. The molecule has 0 radical (unpaired) electrons. The van der Waals surface area contributed by atoms with Gasteiger partial charge in [-0.25, -0.2) is 4.98 Å². The summed E-state index contributed by atoms with van der Waals surface area (Å²) >= 11 is 5.94. The Balaban J connectivity index is 1.42. The second-order valence-electron chi connectivity index (χ2n) is 7.22. The number of hydrogen-bond donors (Lipinski definition) is 1.